The second-order valence-corrected chi connectivity index (χ2v) is 3.12. The van der Waals surface area contributed by atoms with E-state index in [1.54, 1.807) is 6.08 Å². The standard InChI is InChI=1S/C9H14O2/c1-4-6-9(3)8(11-9)7(10)5-2/h4,8H,1,5-6H2,2-3H3. The third-order valence-electron chi connectivity index (χ3n) is 2.08. The molecule has 62 valence electrons. The summed E-state index contributed by atoms with van der Waals surface area (Å²) in [6.45, 7) is 7.43. The second-order valence-electron chi connectivity index (χ2n) is 3.12. The molecule has 2 nitrogen and oxygen atoms in total. The normalized spacial score (nSPS) is 34.9. The van der Waals surface area contributed by atoms with E-state index < -0.39 is 0 Å². The van der Waals surface area contributed by atoms with E-state index in [2.05, 4.69) is 6.58 Å². The first-order chi connectivity index (χ1) is 5.14. The summed E-state index contributed by atoms with van der Waals surface area (Å²) >= 11 is 0. The lowest BCUT2D eigenvalue weighted by Crippen LogP contribution is -2.15. The summed E-state index contributed by atoms with van der Waals surface area (Å²) in [6, 6.07) is 0. The molecule has 11 heavy (non-hydrogen) atoms. The first-order valence-corrected chi connectivity index (χ1v) is 3.95. The van der Waals surface area contributed by atoms with Crippen LogP contribution in [0.2, 0.25) is 0 Å². The lowest BCUT2D eigenvalue weighted by molar-refractivity contribution is -0.119. The van der Waals surface area contributed by atoms with Crippen molar-refractivity contribution in [2.24, 2.45) is 0 Å². The van der Waals surface area contributed by atoms with Crippen molar-refractivity contribution in [3.8, 4) is 0 Å². The van der Waals surface area contributed by atoms with Crippen LogP contribution in [0.3, 0.4) is 0 Å². The van der Waals surface area contributed by atoms with Crippen LogP contribution in [0.25, 0.3) is 0 Å². The zero-order chi connectivity index (χ0) is 8.48. The third-order valence-corrected chi connectivity index (χ3v) is 2.08. The number of ketones is 1. The maximum atomic E-state index is 11.1. The SMILES string of the molecule is C=CCC1(C)OC1C(=O)CC. The molecular weight excluding hydrogens is 140 g/mol. The molecule has 0 N–H and O–H groups in total. The number of Topliss-reactive ketones (excluding diaryl/α,β-unsaturated/α-hetero) is 1. The molecule has 1 heterocycles. The lowest BCUT2D eigenvalue weighted by atomic mass is 10.00. The smallest absolute Gasteiger partial charge is 0.164 e. The van der Waals surface area contributed by atoms with Crippen molar-refractivity contribution in [3.63, 3.8) is 0 Å². The van der Waals surface area contributed by atoms with Crippen molar-refractivity contribution >= 4 is 5.78 Å². The summed E-state index contributed by atoms with van der Waals surface area (Å²) in [6.07, 6.45) is 2.97. The van der Waals surface area contributed by atoms with E-state index in [0.717, 1.165) is 6.42 Å². The average molecular weight is 154 g/mol. The minimum atomic E-state index is -0.227. The summed E-state index contributed by atoms with van der Waals surface area (Å²) in [5, 5.41) is 0. The highest BCUT2D eigenvalue weighted by atomic mass is 16.6. The quantitative estimate of drug-likeness (QED) is 0.455. The van der Waals surface area contributed by atoms with Gasteiger partial charge in [0.25, 0.3) is 0 Å². The van der Waals surface area contributed by atoms with Crippen molar-refractivity contribution in [1.29, 1.82) is 0 Å². The molecule has 0 aromatic carbocycles. The molecule has 2 unspecified atom stereocenters. The van der Waals surface area contributed by atoms with Gasteiger partial charge in [0.2, 0.25) is 0 Å². The van der Waals surface area contributed by atoms with Crippen molar-refractivity contribution in [3.05, 3.63) is 12.7 Å². The van der Waals surface area contributed by atoms with E-state index >= 15 is 0 Å². The van der Waals surface area contributed by atoms with Gasteiger partial charge in [0.15, 0.2) is 5.78 Å². The molecule has 1 fully saturated rings. The summed E-state index contributed by atoms with van der Waals surface area (Å²) in [7, 11) is 0. The number of hydrogen-bond acceptors (Lipinski definition) is 2. The van der Waals surface area contributed by atoms with Crippen LogP contribution in [0.15, 0.2) is 12.7 Å². The molecule has 1 aliphatic heterocycles. The van der Waals surface area contributed by atoms with Crippen LogP contribution in [-0.2, 0) is 9.53 Å². The van der Waals surface area contributed by atoms with E-state index in [4.69, 9.17) is 4.74 Å². The Morgan fingerprint density at radius 3 is 2.91 bits per heavy atom. The molecule has 2 atom stereocenters. The first-order valence-electron chi connectivity index (χ1n) is 3.95. The minimum Gasteiger partial charge on any atom is -0.358 e. The van der Waals surface area contributed by atoms with Crippen LogP contribution in [0.1, 0.15) is 26.7 Å². The second kappa shape index (κ2) is 2.78. The Balaban J connectivity index is 2.45. The number of hydrogen-bond donors (Lipinski definition) is 0. The van der Waals surface area contributed by atoms with Crippen LogP contribution in [0.4, 0.5) is 0 Å². The minimum absolute atomic E-state index is 0.162. The fourth-order valence-corrected chi connectivity index (χ4v) is 1.27. The zero-order valence-electron chi connectivity index (χ0n) is 7.09. The maximum absolute atomic E-state index is 11.1. The Morgan fingerprint density at radius 2 is 2.45 bits per heavy atom. The molecule has 0 saturated carbocycles. The number of carbonyl (C=O) groups is 1. The molecule has 1 rings (SSSR count). The molecule has 0 aromatic rings. The van der Waals surface area contributed by atoms with Gasteiger partial charge in [-0.2, -0.15) is 0 Å². The Labute approximate surface area is 67.2 Å². The number of rotatable bonds is 4. The van der Waals surface area contributed by atoms with E-state index in [1.165, 1.54) is 0 Å². The van der Waals surface area contributed by atoms with Gasteiger partial charge in [0.1, 0.15) is 11.7 Å². The molecule has 0 aliphatic carbocycles. The van der Waals surface area contributed by atoms with Crippen LogP contribution in [0.5, 0.6) is 0 Å². The summed E-state index contributed by atoms with van der Waals surface area (Å²) in [5.74, 6) is 0.203. The number of carbonyl (C=O) groups excluding carboxylic acids is 1. The van der Waals surface area contributed by atoms with E-state index in [1.807, 2.05) is 13.8 Å². The Morgan fingerprint density at radius 1 is 1.82 bits per heavy atom. The van der Waals surface area contributed by atoms with E-state index in [9.17, 15) is 4.79 Å². The monoisotopic (exact) mass is 154 g/mol. The maximum Gasteiger partial charge on any atom is 0.164 e. The molecule has 0 aromatic heterocycles. The van der Waals surface area contributed by atoms with Crippen LogP contribution >= 0.6 is 0 Å². The average Bonchev–Trinajstić information content (AvgIpc) is 2.62. The summed E-state index contributed by atoms with van der Waals surface area (Å²) < 4.78 is 5.28. The number of ether oxygens (including phenoxy) is 1. The molecule has 1 aliphatic rings. The summed E-state index contributed by atoms with van der Waals surface area (Å²) in [4.78, 5) is 11.1. The van der Waals surface area contributed by atoms with Crippen molar-refractivity contribution in [2.75, 3.05) is 0 Å². The van der Waals surface area contributed by atoms with Crippen LogP contribution < -0.4 is 0 Å². The Hall–Kier alpha value is -0.630. The number of epoxide rings is 1. The molecule has 2 heteroatoms. The Kier molecular flexibility index (Phi) is 2.14. The van der Waals surface area contributed by atoms with Gasteiger partial charge in [-0.1, -0.05) is 13.0 Å². The predicted octanol–water partition coefficient (Wildman–Crippen LogP) is 1.70. The molecule has 1 saturated heterocycles. The predicted molar refractivity (Wildman–Crippen MR) is 43.4 cm³/mol. The van der Waals surface area contributed by atoms with Crippen molar-refractivity contribution in [2.45, 2.75) is 38.4 Å². The lowest BCUT2D eigenvalue weighted by Gasteiger charge is -1.98. The van der Waals surface area contributed by atoms with Gasteiger partial charge in [-0.15, -0.1) is 6.58 Å². The van der Waals surface area contributed by atoms with Gasteiger partial charge in [0, 0.05) is 6.42 Å². The molecule has 0 radical (unpaired) electrons. The fourth-order valence-electron chi connectivity index (χ4n) is 1.27. The molecule has 0 bridgehead atoms. The highest BCUT2D eigenvalue weighted by molar-refractivity contribution is 5.86. The highest BCUT2D eigenvalue weighted by Gasteiger charge is 2.54. The van der Waals surface area contributed by atoms with E-state index in [-0.39, 0.29) is 17.5 Å². The molecule has 0 spiro atoms. The van der Waals surface area contributed by atoms with Gasteiger partial charge in [-0.25, -0.2) is 0 Å². The van der Waals surface area contributed by atoms with E-state index in [0.29, 0.717) is 6.42 Å². The van der Waals surface area contributed by atoms with Crippen LogP contribution in [-0.4, -0.2) is 17.5 Å². The van der Waals surface area contributed by atoms with Crippen molar-refractivity contribution < 1.29 is 9.53 Å². The van der Waals surface area contributed by atoms with Gasteiger partial charge >= 0.3 is 0 Å². The fraction of sp³-hybridized carbons (Fsp3) is 0.667. The zero-order valence-corrected chi connectivity index (χ0v) is 7.09. The van der Waals surface area contributed by atoms with Gasteiger partial charge < -0.3 is 4.74 Å². The highest BCUT2D eigenvalue weighted by Crippen LogP contribution is 2.40. The van der Waals surface area contributed by atoms with Gasteiger partial charge in [0.05, 0.1) is 0 Å². The first kappa shape index (κ1) is 8.47. The molecule has 0 amide bonds. The largest absolute Gasteiger partial charge is 0.358 e. The Bertz CT molecular complexity index is 186. The van der Waals surface area contributed by atoms with Crippen molar-refractivity contribution in [1.82, 2.24) is 0 Å². The van der Waals surface area contributed by atoms with Gasteiger partial charge in [-0.05, 0) is 13.3 Å². The van der Waals surface area contributed by atoms with Gasteiger partial charge in [-0.3, -0.25) is 4.79 Å². The van der Waals surface area contributed by atoms with Crippen LogP contribution in [0, 0.1) is 0 Å². The molecular formula is C9H14O2. The topological polar surface area (TPSA) is 29.6 Å². The third kappa shape index (κ3) is 1.51. The summed E-state index contributed by atoms with van der Waals surface area (Å²) in [5.41, 5.74) is -0.227.